The van der Waals surface area contributed by atoms with Crippen LogP contribution in [-0.4, -0.2) is 16.6 Å². The second-order valence-corrected chi connectivity index (χ2v) is 3.22. The number of hydrogen-bond acceptors (Lipinski definition) is 3. The fraction of sp³-hybridized carbons (Fsp3) is 0.300. The molecule has 0 fully saturated rings. The van der Waals surface area contributed by atoms with E-state index in [2.05, 4.69) is 0 Å². The van der Waals surface area contributed by atoms with E-state index >= 15 is 0 Å². The molecule has 0 heterocycles. The number of hydrogen-bond donors (Lipinski definition) is 1. The molecule has 0 saturated heterocycles. The first-order valence-corrected chi connectivity index (χ1v) is 4.25. The Balaban J connectivity index is 3.22. The van der Waals surface area contributed by atoms with Crippen molar-refractivity contribution < 1.29 is 10.0 Å². The van der Waals surface area contributed by atoms with Crippen LogP contribution in [0.2, 0.25) is 0 Å². The Morgan fingerprint density at radius 2 is 2.21 bits per heavy atom. The summed E-state index contributed by atoms with van der Waals surface area (Å²) in [5, 5.41) is 19.6. The first kappa shape index (κ1) is 10.7. The molecule has 0 aliphatic heterocycles. The van der Waals surface area contributed by atoms with Crippen molar-refractivity contribution >= 4 is 5.69 Å². The smallest absolute Gasteiger partial charge is 0.273 e. The van der Waals surface area contributed by atoms with Crippen LogP contribution in [0.25, 0.3) is 0 Å². The van der Waals surface area contributed by atoms with Crippen LogP contribution < -0.4 is 0 Å². The van der Waals surface area contributed by atoms with Gasteiger partial charge in [0.25, 0.3) is 5.69 Å². The molecule has 1 rings (SSSR count). The van der Waals surface area contributed by atoms with Crippen molar-refractivity contribution in [1.82, 2.24) is 0 Å². The summed E-state index contributed by atoms with van der Waals surface area (Å²) in [6, 6.07) is 4.86. The third-order valence-corrected chi connectivity index (χ3v) is 2.05. The summed E-state index contributed by atoms with van der Waals surface area (Å²) in [5.74, 6) is 0.611. The quantitative estimate of drug-likeness (QED) is 0.589. The zero-order chi connectivity index (χ0) is 10.7. The third kappa shape index (κ3) is 2.09. The normalized spacial score (nSPS) is 10.6. The fourth-order valence-electron chi connectivity index (χ4n) is 1.24. The summed E-state index contributed by atoms with van der Waals surface area (Å²) in [6.07, 6.45) is 0. The van der Waals surface area contributed by atoms with Gasteiger partial charge in [0.15, 0.2) is 0 Å². The zero-order valence-electron chi connectivity index (χ0n) is 8.15. The van der Waals surface area contributed by atoms with Crippen molar-refractivity contribution in [2.24, 2.45) is 0 Å². The van der Waals surface area contributed by atoms with Gasteiger partial charge in [0.2, 0.25) is 0 Å². The summed E-state index contributed by atoms with van der Waals surface area (Å²) in [7, 11) is 0. The topological polar surface area (TPSA) is 63.4 Å². The number of nitro benzene ring substituents is 1. The molecule has 4 nitrogen and oxygen atoms in total. The summed E-state index contributed by atoms with van der Waals surface area (Å²) in [4.78, 5) is 10.2. The number of aryl methyl sites for hydroxylation is 1. The van der Waals surface area contributed by atoms with Gasteiger partial charge in [-0.3, -0.25) is 10.1 Å². The Labute approximate surface area is 82.3 Å². The Bertz CT molecular complexity index is 349. The van der Waals surface area contributed by atoms with E-state index in [1.807, 2.05) is 6.92 Å². The Kier molecular flexibility index (Phi) is 3.19. The predicted octanol–water partition coefficient (Wildman–Crippen LogP) is 1.84. The Morgan fingerprint density at radius 3 is 2.71 bits per heavy atom. The van der Waals surface area contributed by atoms with Gasteiger partial charge in [0, 0.05) is 17.5 Å². The van der Waals surface area contributed by atoms with Crippen molar-refractivity contribution in [3.8, 4) is 0 Å². The Hall–Kier alpha value is -1.42. The van der Waals surface area contributed by atoms with Crippen molar-refractivity contribution in [2.75, 3.05) is 6.61 Å². The maximum atomic E-state index is 10.7. The standard InChI is InChI=1S/C10H12NO3/c1-7-3-4-10(11(13)14)9(5-7)8(2)6-12/h3-5,12H,6H2,1-2H3. The van der Waals surface area contributed by atoms with Gasteiger partial charge >= 0.3 is 0 Å². The van der Waals surface area contributed by atoms with Crippen LogP contribution in [0.4, 0.5) is 5.69 Å². The van der Waals surface area contributed by atoms with E-state index in [1.54, 1.807) is 19.1 Å². The minimum Gasteiger partial charge on any atom is -0.395 e. The molecule has 4 heteroatoms. The SMILES string of the molecule is C[C](CO)c1cc(C)ccc1[N+](=O)[O-]. The molecule has 1 aromatic carbocycles. The van der Waals surface area contributed by atoms with Crippen LogP contribution in [0.15, 0.2) is 18.2 Å². The van der Waals surface area contributed by atoms with E-state index in [0.717, 1.165) is 5.56 Å². The van der Waals surface area contributed by atoms with Gasteiger partial charge in [0.1, 0.15) is 0 Å². The molecule has 0 saturated carbocycles. The summed E-state index contributed by atoms with van der Waals surface area (Å²) >= 11 is 0. The number of nitrogens with zero attached hydrogens (tertiary/aromatic N) is 1. The van der Waals surface area contributed by atoms with Gasteiger partial charge in [-0.15, -0.1) is 0 Å². The van der Waals surface area contributed by atoms with Gasteiger partial charge in [0.05, 0.1) is 11.5 Å². The molecule has 0 bridgehead atoms. The van der Waals surface area contributed by atoms with Crippen molar-refractivity contribution in [3.63, 3.8) is 0 Å². The molecular weight excluding hydrogens is 182 g/mol. The van der Waals surface area contributed by atoms with Gasteiger partial charge < -0.3 is 5.11 Å². The van der Waals surface area contributed by atoms with Crippen LogP contribution >= 0.6 is 0 Å². The molecule has 0 spiro atoms. The van der Waals surface area contributed by atoms with E-state index in [4.69, 9.17) is 5.11 Å². The zero-order valence-corrected chi connectivity index (χ0v) is 8.15. The molecule has 75 valence electrons. The summed E-state index contributed by atoms with van der Waals surface area (Å²) in [5.41, 5.74) is 1.50. The second kappa shape index (κ2) is 4.19. The number of benzene rings is 1. The number of nitro groups is 1. The highest BCUT2D eigenvalue weighted by Gasteiger charge is 2.18. The monoisotopic (exact) mass is 194 g/mol. The predicted molar refractivity (Wildman–Crippen MR) is 52.9 cm³/mol. The number of aliphatic hydroxyl groups is 1. The first-order chi connectivity index (χ1) is 6.56. The molecule has 0 atom stereocenters. The molecule has 0 aromatic heterocycles. The summed E-state index contributed by atoms with van der Waals surface area (Å²) < 4.78 is 0. The molecular formula is C10H12NO3. The lowest BCUT2D eigenvalue weighted by atomic mass is 9.98. The van der Waals surface area contributed by atoms with Gasteiger partial charge in [-0.05, 0) is 13.0 Å². The Morgan fingerprint density at radius 1 is 1.57 bits per heavy atom. The molecule has 14 heavy (non-hydrogen) atoms. The van der Waals surface area contributed by atoms with Crippen LogP contribution in [0.1, 0.15) is 18.1 Å². The van der Waals surface area contributed by atoms with Crippen molar-refractivity contribution in [3.05, 3.63) is 45.4 Å². The number of rotatable bonds is 3. The average molecular weight is 194 g/mol. The van der Waals surface area contributed by atoms with E-state index in [-0.39, 0.29) is 12.3 Å². The van der Waals surface area contributed by atoms with Crippen LogP contribution in [0.5, 0.6) is 0 Å². The fourth-order valence-corrected chi connectivity index (χ4v) is 1.24. The molecule has 1 radical (unpaired) electrons. The van der Waals surface area contributed by atoms with E-state index in [1.165, 1.54) is 6.07 Å². The van der Waals surface area contributed by atoms with Crippen molar-refractivity contribution in [1.29, 1.82) is 0 Å². The molecule has 0 unspecified atom stereocenters. The molecule has 0 aliphatic rings. The van der Waals surface area contributed by atoms with Gasteiger partial charge in [-0.25, -0.2) is 0 Å². The average Bonchev–Trinajstić information content (AvgIpc) is 2.16. The maximum absolute atomic E-state index is 10.7. The minimum absolute atomic E-state index is 0.0437. The van der Waals surface area contributed by atoms with Gasteiger partial charge in [-0.1, -0.05) is 18.6 Å². The minimum atomic E-state index is -0.437. The lowest BCUT2D eigenvalue weighted by Crippen LogP contribution is -2.04. The highest BCUT2D eigenvalue weighted by molar-refractivity contribution is 5.49. The van der Waals surface area contributed by atoms with E-state index < -0.39 is 4.92 Å². The van der Waals surface area contributed by atoms with Crippen molar-refractivity contribution in [2.45, 2.75) is 13.8 Å². The van der Waals surface area contributed by atoms with Crippen LogP contribution in [-0.2, 0) is 0 Å². The molecule has 1 N–H and O–H groups in total. The maximum Gasteiger partial charge on any atom is 0.273 e. The largest absolute Gasteiger partial charge is 0.395 e. The first-order valence-electron chi connectivity index (χ1n) is 4.25. The van der Waals surface area contributed by atoms with E-state index in [9.17, 15) is 10.1 Å². The molecule has 0 aliphatic carbocycles. The van der Waals surface area contributed by atoms with Gasteiger partial charge in [-0.2, -0.15) is 0 Å². The highest BCUT2D eigenvalue weighted by atomic mass is 16.6. The van der Waals surface area contributed by atoms with Crippen LogP contribution in [0.3, 0.4) is 0 Å². The molecule has 1 aromatic rings. The highest BCUT2D eigenvalue weighted by Crippen LogP contribution is 2.26. The van der Waals surface area contributed by atoms with Crippen LogP contribution in [0, 0.1) is 23.0 Å². The lowest BCUT2D eigenvalue weighted by molar-refractivity contribution is -0.385. The third-order valence-electron chi connectivity index (χ3n) is 2.05. The second-order valence-electron chi connectivity index (χ2n) is 3.22. The summed E-state index contributed by atoms with van der Waals surface area (Å²) in [6.45, 7) is 3.38. The number of aliphatic hydroxyl groups excluding tert-OH is 1. The lowest BCUT2D eigenvalue weighted by Gasteiger charge is -2.08. The van der Waals surface area contributed by atoms with E-state index in [0.29, 0.717) is 11.5 Å². The molecule has 0 amide bonds.